The van der Waals surface area contributed by atoms with Crippen molar-refractivity contribution in [2.75, 3.05) is 20.0 Å². The molecule has 2 heterocycles. The third-order valence-corrected chi connectivity index (χ3v) is 6.83. The van der Waals surface area contributed by atoms with Crippen molar-refractivity contribution in [1.82, 2.24) is 19.9 Å². The van der Waals surface area contributed by atoms with Gasteiger partial charge in [0, 0.05) is 12.6 Å². The second kappa shape index (κ2) is 9.82. The molecule has 0 aliphatic heterocycles. The lowest BCUT2D eigenvalue weighted by Crippen LogP contribution is -2.36. The van der Waals surface area contributed by atoms with E-state index in [9.17, 15) is 4.79 Å². The molecule has 182 valence electrons. The Morgan fingerprint density at radius 3 is 2.46 bits per heavy atom. The molecule has 0 unspecified atom stereocenters. The van der Waals surface area contributed by atoms with Crippen LogP contribution in [-0.4, -0.2) is 40.7 Å². The molecule has 35 heavy (non-hydrogen) atoms. The van der Waals surface area contributed by atoms with Gasteiger partial charge in [-0.2, -0.15) is 0 Å². The van der Waals surface area contributed by atoms with Crippen molar-refractivity contribution in [3.8, 4) is 11.5 Å². The van der Waals surface area contributed by atoms with Crippen LogP contribution in [0.5, 0.6) is 11.5 Å². The summed E-state index contributed by atoms with van der Waals surface area (Å²) in [4.78, 5) is 23.1. The van der Waals surface area contributed by atoms with Gasteiger partial charge in [-0.05, 0) is 49.1 Å². The standard InChI is InChI=1S/C27H31N5O3/c1-34-21-13-12-17(16-22(21)35-2)14-15-32-25(28)23(27(33)29-18-8-4-3-5-9-18)24-26(32)31-20-11-7-6-10-19(20)30-24/h6-7,10-13,16,18H,3-5,8-9,14-15,28H2,1-2H3,(H,29,33). The molecule has 0 bridgehead atoms. The normalized spacial score (nSPS) is 14.3. The van der Waals surface area contributed by atoms with Crippen LogP contribution in [0.1, 0.15) is 48.0 Å². The number of nitrogens with one attached hydrogen (secondary N) is 1. The zero-order valence-electron chi connectivity index (χ0n) is 20.2. The number of amides is 1. The number of aromatic nitrogens is 3. The number of rotatable bonds is 7. The van der Waals surface area contributed by atoms with E-state index in [1.54, 1.807) is 14.2 Å². The minimum atomic E-state index is -0.172. The van der Waals surface area contributed by atoms with Gasteiger partial charge >= 0.3 is 0 Å². The van der Waals surface area contributed by atoms with E-state index >= 15 is 0 Å². The summed E-state index contributed by atoms with van der Waals surface area (Å²) < 4.78 is 12.7. The molecule has 4 aromatic rings. The molecule has 2 aromatic heterocycles. The summed E-state index contributed by atoms with van der Waals surface area (Å²) in [6.45, 7) is 0.543. The molecule has 0 atom stereocenters. The maximum Gasteiger partial charge on any atom is 0.257 e. The van der Waals surface area contributed by atoms with E-state index in [2.05, 4.69) is 5.32 Å². The summed E-state index contributed by atoms with van der Waals surface area (Å²) >= 11 is 0. The molecular weight excluding hydrogens is 442 g/mol. The first-order chi connectivity index (χ1) is 17.1. The van der Waals surface area contributed by atoms with Gasteiger partial charge in [-0.1, -0.05) is 37.5 Å². The number of para-hydroxylation sites is 2. The molecule has 1 amide bonds. The highest BCUT2D eigenvalue weighted by molar-refractivity contribution is 6.10. The van der Waals surface area contributed by atoms with Gasteiger partial charge in [-0.25, -0.2) is 9.97 Å². The smallest absolute Gasteiger partial charge is 0.257 e. The number of aryl methyl sites for hydroxylation is 2. The van der Waals surface area contributed by atoms with E-state index in [-0.39, 0.29) is 11.9 Å². The molecule has 1 saturated carbocycles. The van der Waals surface area contributed by atoms with Gasteiger partial charge in [0.1, 0.15) is 16.9 Å². The molecule has 8 nitrogen and oxygen atoms in total. The number of nitrogens with two attached hydrogens (primary N) is 1. The number of nitrogen functional groups attached to an aromatic ring is 1. The second-order valence-electron chi connectivity index (χ2n) is 9.04. The molecule has 8 heteroatoms. The van der Waals surface area contributed by atoms with Crippen LogP contribution in [-0.2, 0) is 13.0 Å². The van der Waals surface area contributed by atoms with E-state index in [4.69, 9.17) is 25.2 Å². The van der Waals surface area contributed by atoms with Crippen molar-refractivity contribution in [1.29, 1.82) is 0 Å². The van der Waals surface area contributed by atoms with Crippen LogP contribution < -0.4 is 20.5 Å². The summed E-state index contributed by atoms with van der Waals surface area (Å²) in [7, 11) is 3.24. The first-order valence-electron chi connectivity index (χ1n) is 12.1. The first-order valence-corrected chi connectivity index (χ1v) is 12.1. The first kappa shape index (κ1) is 23.0. The molecule has 2 aromatic carbocycles. The van der Waals surface area contributed by atoms with E-state index in [1.807, 2.05) is 47.0 Å². The van der Waals surface area contributed by atoms with Crippen LogP contribution in [0.2, 0.25) is 0 Å². The molecule has 0 spiro atoms. The minimum Gasteiger partial charge on any atom is -0.493 e. The van der Waals surface area contributed by atoms with E-state index in [1.165, 1.54) is 6.42 Å². The molecule has 1 fully saturated rings. The fourth-order valence-corrected chi connectivity index (χ4v) is 4.95. The molecule has 1 aliphatic carbocycles. The highest BCUT2D eigenvalue weighted by Gasteiger charge is 2.26. The molecule has 5 rings (SSSR count). The summed E-state index contributed by atoms with van der Waals surface area (Å²) in [5, 5.41) is 3.20. The predicted octanol–water partition coefficient (Wildman–Crippen LogP) is 4.49. The second-order valence-corrected chi connectivity index (χ2v) is 9.04. The Bertz CT molecular complexity index is 1370. The number of hydrogen-bond donors (Lipinski definition) is 2. The Kier molecular flexibility index (Phi) is 6.44. The Morgan fingerprint density at radius 1 is 1.03 bits per heavy atom. The van der Waals surface area contributed by atoms with Crippen LogP contribution in [0, 0.1) is 0 Å². The van der Waals surface area contributed by atoms with Crippen molar-refractivity contribution in [3.05, 3.63) is 53.6 Å². The number of carbonyl (C=O) groups is 1. The average molecular weight is 474 g/mol. The highest BCUT2D eigenvalue weighted by Crippen LogP contribution is 2.31. The summed E-state index contributed by atoms with van der Waals surface area (Å²) in [6.07, 6.45) is 6.17. The Labute approximate surface area is 204 Å². The molecule has 1 aliphatic rings. The van der Waals surface area contributed by atoms with Gasteiger partial charge in [-0.15, -0.1) is 0 Å². The molecule has 3 N–H and O–H groups in total. The predicted molar refractivity (Wildman–Crippen MR) is 137 cm³/mol. The monoisotopic (exact) mass is 473 g/mol. The van der Waals surface area contributed by atoms with Crippen molar-refractivity contribution in [3.63, 3.8) is 0 Å². The van der Waals surface area contributed by atoms with Gasteiger partial charge in [0.05, 0.1) is 25.3 Å². The van der Waals surface area contributed by atoms with Crippen LogP contribution >= 0.6 is 0 Å². The van der Waals surface area contributed by atoms with Crippen LogP contribution in [0.3, 0.4) is 0 Å². The molecule has 0 saturated heterocycles. The lowest BCUT2D eigenvalue weighted by molar-refractivity contribution is 0.0930. The Hall–Kier alpha value is -3.81. The van der Waals surface area contributed by atoms with Gasteiger partial charge in [-0.3, -0.25) is 4.79 Å². The minimum absolute atomic E-state index is 0.172. The van der Waals surface area contributed by atoms with Crippen molar-refractivity contribution in [2.45, 2.75) is 51.1 Å². The molecule has 0 radical (unpaired) electrons. The Balaban J connectivity index is 1.53. The molecular formula is C27H31N5O3. The third-order valence-electron chi connectivity index (χ3n) is 6.83. The third kappa shape index (κ3) is 4.48. The van der Waals surface area contributed by atoms with Gasteiger partial charge < -0.3 is 25.1 Å². The van der Waals surface area contributed by atoms with E-state index in [0.29, 0.717) is 47.0 Å². The van der Waals surface area contributed by atoms with Crippen molar-refractivity contribution >= 4 is 33.9 Å². The van der Waals surface area contributed by atoms with E-state index < -0.39 is 0 Å². The average Bonchev–Trinajstić information content (AvgIpc) is 3.16. The number of methoxy groups -OCH3 is 2. The Morgan fingerprint density at radius 2 is 1.74 bits per heavy atom. The fourth-order valence-electron chi connectivity index (χ4n) is 4.95. The lowest BCUT2D eigenvalue weighted by Gasteiger charge is -2.22. The quantitative estimate of drug-likeness (QED) is 0.410. The highest BCUT2D eigenvalue weighted by atomic mass is 16.5. The van der Waals surface area contributed by atoms with Crippen molar-refractivity contribution < 1.29 is 14.3 Å². The topological polar surface area (TPSA) is 104 Å². The summed E-state index contributed by atoms with van der Waals surface area (Å²) in [5.41, 5.74) is 10.8. The lowest BCUT2D eigenvalue weighted by atomic mass is 9.95. The number of anilines is 1. The van der Waals surface area contributed by atoms with Crippen LogP contribution in [0.15, 0.2) is 42.5 Å². The maximum absolute atomic E-state index is 13.4. The number of ether oxygens (including phenoxy) is 2. The summed E-state index contributed by atoms with van der Waals surface area (Å²) in [6, 6.07) is 13.7. The van der Waals surface area contributed by atoms with Crippen molar-refractivity contribution in [2.24, 2.45) is 0 Å². The maximum atomic E-state index is 13.4. The van der Waals surface area contributed by atoms with Gasteiger partial charge in [0.2, 0.25) is 0 Å². The van der Waals surface area contributed by atoms with E-state index in [0.717, 1.165) is 42.3 Å². The van der Waals surface area contributed by atoms with Gasteiger partial charge in [0.25, 0.3) is 5.91 Å². The van der Waals surface area contributed by atoms with Crippen LogP contribution in [0.4, 0.5) is 5.82 Å². The van der Waals surface area contributed by atoms with Crippen LogP contribution in [0.25, 0.3) is 22.2 Å². The number of fused-ring (bicyclic) bond motifs is 2. The number of nitrogens with zero attached hydrogens (tertiary/aromatic N) is 3. The number of hydrogen-bond acceptors (Lipinski definition) is 6. The summed E-state index contributed by atoms with van der Waals surface area (Å²) in [5.74, 6) is 1.58. The van der Waals surface area contributed by atoms with Gasteiger partial charge in [0.15, 0.2) is 17.1 Å². The fraction of sp³-hybridized carbons (Fsp3) is 0.370. The zero-order chi connectivity index (χ0) is 24.4. The number of carbonyl (C=O) groups excluding carboxylic acids is 1. The largest absolute Gasteiger partial charge is 0.493 e. The zero-order valence-corrected chi connectivity index (χ0v) is 20.2. The number of benzene rings is 2. The SMILES string of the molecule is COc1ccc(CCn2c(N)c(C(=O)NC3CCCCC3)c3nc4ccccc4nc32)cc1OC.